The van der Waals surface area contributed by atoms with E-state index in [-0.39, 0.29) is 0 Å². The van der Waals surface area contributed by atoms with Crippen LogP contribution in [-0.4, -0.2) is 48.6 Å². The molecule has 0 spiro atoms. The van der Waals surface area contributed by atoms with Crippen molar-refractivity contribution in [1.82, 2.24) is 10.2 Å². The van der Waals surface area contributed by atoms with Crippen LogP contribution >= 0.6 is 11.8 Å². The van der Waals surface area contributed by atoms with Crippen LogP contribution in [0.5, 0.6) is 0 Å². The third-order valence-electron chi connectivity index (χ3n) is 3.28. The third-order valence-corrected chi connectivity index (χ3v) is 4.10. The van der Waals surface area contributed by atoms with Crippen molar-refractivity contribution in [3.63, 3.8) is 0 Å². The minimum Gasteiger partial charge on any atom is -0.313 e. The van der Waals surface area contributed by atoms with Gasteiger partial charge < -0.3 is 5.32 Å². The summed E-state index contributed by atoms with van der Waals surface area (Å²) in [6.45, 7) is 10.2. The van der Waals surface area contributed by atoms with Crippen molar-refractivity contribution in [2.75, 3.05) is 25.6 Å². The van der Waals surface area contributed by atoms with Crippen molar-refractivity contribution < 1.29 is 0 Å². The van der Waals surface area contributed by atoms with Crippen LogP contribution in [0.15, 0.2) is 0 Å². The lowest BCUT2D eigenvalue weighted by molar-refractivity contribution is 0.203. The maximum atomic E-state index is 3.61. The van der Waals surface area contributed by atoms with Crippen molar-refractivity contribution in [3.8, 4) is 0 Å². The molecule has 0 amide bonds. The standard InChI is InChI=1S/C13H30N2S/c1-7-8-11(2)14-9-12(3)15(5)13(4)10-16-6/h11-14H,7-10H2,1-6H3. The zero-order chi connectivity index (χ0) is 12.6. The molecule has 0 aromatic heterocycles. The minimum atomic E-state index is 0.612. The molecule has 0 bridgehead atoms. The predicted octanol–water partition coefficient (Wildman–Crippen LogP) is 2.84. The van der Waals surface area contributed by atoms with Crippen LogP contribution in [0.25, 0.3) is 0 Å². The molecule has 0 heterocycles. The van der Waals surface area contributed by atoms with Crippen molar-refractivity contribution in [1.29, 1.82) is 0 Å². The van der Waals surface area contributed by atoms with Crippen LogP contribution in [0.3, 0.4) is 0 Å². The Balaban J connectivity index is 3.81. The molecule has 0 aromatic carbocycles. The summed E-state index contributed by atoms with van der Waals surface area (Å²) in [6, 6.07) is 1.92. The second-order valence-electron chi connectivity index (χ2n) is 4.92. The Hall–Kier alpha value is 0.270. The second-order valence-corrected chi connectivity index (χ2v) is 5.83. The zero-order valence-corrected chi connectivity index (χ0v) is 12.7. The SMILES string of the molecule is CCCC(C)NCC(C)N(C)C(C)CSC. The molecule has 0 rings (SSSR count). The van der Waals surface area contributed by atoms with Gasteiger partial charge >= 0.3 is 0 Å². The van der Waals surface area contributed by atoms with E-state index in [1.807, 2.05) is 11.8 Å². The molecule has 0 saturated carbocycles. The first-order valence-electron chi connectivity index (χ1n) is 6.47. The van der Waals surface area contributed by atoms with E-state index in [1.54, 1.807) is 0 Å². The highest BCUT2D eigenvalue weighted by Gasteiger charge is 2.15. The number of likely N-dealkylation sites (N-methyl/N-ethyl adjacent to an activating group) is 1. The molecule has 16 heavy (non-hydrogen) atoms. The number of hydrogen-bond donors (Lipinski definition) is 1. The van der Waals surface area contributed by atoms with Crippen molar-refractivity contribution in [2.24, 2.45) is 0 Å². The fraction of sp³-hybridized carbons (Fsp3) is 1.00. The molecular formula is C13H30N2S. The molecule has 0 aliphatic rings. The van der Waals surface area contributed by atoms with Gasteiger partial charge in [-0.05, 0) is 40.5 Å². The second kappa shape index (κ2) is 9.32. The molecule has 0 radical (unpaired) electrons. The van der Waals surface area contributed by atoms with Gasteiger partial charge in [0, 0.05) is 30.4 Å². The number of nitrogens with one attached hydrogen (secondary N) is 1. The summed E-state index contributed by atoms with van der Waals surface area (Å²) in [4.78, 5) is 2.47. The van der Waals surface area contributed by atoms with E-state index in [4.69, 9.17) is 0 Å². The van der Waals surface area contributed by atoms with Crippen LogP contribution in [-0.2, 0) is 0 Å². The van der Waals surface area contributed by atoms with Gasteiger partial charge in [0.1, 0.15) is 0 Å². The van der Waals surface area contributed by atoms with Crippen LogP contribution in [0.4, 0.5) is 0 Å². The molecule has 3 heteroatoms. The van der Waals surface area contributed by atoms with E-state index >= 15 is 0 Å². The van der Waals surface area contributed by atoms with Crippen LogP contribution in [0.1, 0.15) is 40.5 Å². The van der Waals surface area contributed by atoms with E-state index in [0.29, 0.717) is 18.1 Å². The van der Waals surface area contributed by atoms with Gasteiger partial charge in [0.25, 0.3) is 0 Å². The topological polar surface area (TPSA) is 15.3 Å². The molecule has 0 saturated heterocycles. The van der Waals surface area contributed by atoms with Gasteiger partial charge in [-0.15, -0.1) is 0 Å². The van der Waals surface area contributed by atoms with E-state index in [9.17, 15) is 0 Å². The monoisotopic (exact) mass is 246 g/mol. The van der Waals surface area contributed by atoms with E-state index in [0.717, 1.165) is 6.54 Å². The minimum absolute atomic E-state index is 0.612. The molecule has 0 aromatic rings. The van der Waals surface area contributed by atoms with Crippen LogP contribution in [0.2, 0.25) is 0 Å². The summed E-state index contributed by atoms with van der Waals surface area (Å²) in [5.74, 6) is 1.21. The van der Waals surface area contributed by atoms with Crippen molar-refractivity contribution >= 4 is 11.8 Å². The van der Waals surface area contributed by atoms with Gasteiger partial charge in [-0.1, -0.05) is 13.3 Å². The largest absolute Gasteiger partial charge is 0.313 e. The molecule has 1 N–H and O–H groups in total. The summed E-state index contributed by atoms with van der Waals surface area (Å²) in [6.07, 6.45) is 4.72. The Kier molecular flexibility index (Phi) is 9.47. The first kappa shape index (κ1) is 16.3. The summed E-state index contributed by atoms with van der Waals surface area (Å²) in [5, 5.41) is 3.61. The molecule has 0 aliphatic heterocycles. The van der Waals surface area contributed by atoms with E-state index in [2.05, 4.69) is 51.2 Å². The average molecular weight is 246 g/mol. The lowest BCUT2D eigenvalue weighted by Crippen LogP contribution is -2.45. The Bertz CT molecular complexity index is 164. The van der Waals surface area contributed by atoms with E-state index in [1.165, 1.54) is 18.6 Å². The lowest BCUT2D eigenvalue weighted by atomic mass is 10.1. The quantitative estimate of drug-likeness (QED) is 0.673. The normalized spacial score (nSPS) is 17.4. The highest BCUT2D eigenvalue weighted by molar-refractivity contribution is 7.98. The van der Waals surface area contributed by atoms with Gasteiger partial charge in [-0.3, -0.25) is 4.90 Å². The first-order valence-corrected chi connectivity index (χ1v) is 7.86. The Labute approximate surface area is 107 Å². The number of hydrogen-bond acceptors (Lipinski definition) is 3. The molecular weight excluding hydrogens is 216 g/mol. The van der Waals surface area contributed by atoms with Crippen molar-refractivity contribution in [3.05, 3.63) is 0 Å². The van der Waals surface area contributed by atoms with Gasteiger partial charge in [-0.25, -0.2) is 0 Å². The number of rotatable bonds is 9. The van der Waals surface area contributed by atoms with Crippen LogP contribution < -0.4 is 5.32 Å². The Morgan fingerprint density at radius 1 is 1.19 bits per heavy atom. The van der Waals surface area contributed by atoms with Crippen molar-refractivity contribution in [2.45, 2.75) is 58.7 Å². The summed E-state index contributed by atoms with van der Waals surface area (Å²) >= 11 is 1.93. The molecule has 0 fully saturated rings. The number of thioether (sulfide) groups is 1. The molecule has 98 valence electrons. The van der Waals surface area contributed by atoms with Gasteiger partial charge in [0.15, 0.2) is 0 Å². The Morgan fingerprint density at radius 2 is 1.81 bits per heavy atom. The highest BCUT2D eigenvalue weighted by Crippen LogP contribution is 2.07. The maximum Gasteiger partial charge on any atom is 0.0192 e. The van der Waals surface area contributed by atoms with Gasteiger partial charge in [0.05, 0.1) is 0 Å². The summed E-state index contributed by atoms with van der Waals surface area (Å²) in [5.41, 5.74) is 0. The maximum absolute atomic E-state index is 3.61. The third kappa shape index (κ3) is 6.77. The summed E-state index contributed by atoms with van der Waals surface area (Å²) in [7, 11) is 2.23. The molecule has 3 atom stereocenters. The Morgan fingerprint density at radius 3 is 2.31 bits per heavy atom. The molecule has 3 unspecified atom stereocenters. The first-order chi connectivity index (χ1) is 7.52. The fourth-order valence-corrected chi connectivity index (χ4v) is 2.56. The van der Waals surface area contributed by atoms with Gasteiger partial charge in [-0.2, -0.15) is 11.8 Å². The highest BCUT2D eigenvalue weighted by atomic mass is 32.2. The molecule has 2 nitrogen and oxygen atoms in total. The van der Waals surface area contributed by atoms with Crippen LogP contribution in [0, 0.1) is 0 Å². The zero-order valence-electron chi connectivity index (χ0n) is 11.9. The average Bonchev–Trinajstić information content (AvgIpc) is 2.25. The number of nitrogens with zero attached hydrogens (tertiary/aromatic N) is 1. The van der Waals surface area contributed by atoms with Gasteiger partial charge in [0.2, 0.25) is 0 Å². The predicted molar refractivity (Wildman–Crippen MR) is 77.4 cm³/mol. The fourth-order valence-electron chi connectivity index (χ4n) is 1.84. The molecule has 0 aliphatic carbocycles. The summed E-state index contributed by atoms with van der Waals surface area (Å²) < 4.78 is 0. The van der Waals surface area contributed by atoms with E-state index < -0.39 is 0 Å². The lowest BCUT2D eigenvalue weighted by Gasteiger charge is -2.31. The smallest absolute Gasteiger partial charge is 0.0192 e.